The molecule has 118 valence electrons. The highest BCUT2D eigenvalue weighted by atomic mass is 16.5. The van der Waals surface area contributed by atoms with E-state index in [-0.39, 0.29) is 6.10 Å². The second kappa shape index (κ2) is 6.39. The normalized spacial score (nSPS) is 26.7. The SMILES string of the molecule is CNC1CCC(C(C)(C)C)CC1Oc1cc(C)cc(C)c1. The summed E-state index contributed by atoms with van der Waals surface area (Å²) in [6.45, 7) is 11.3. The van der Waals surface area contributed by atoms with Crippen LogP contribution in [0.5, 0.6) is 5.75 Å². The van der Waals surface area contributed by atoms with Crippen molar-refractivity contribution in [2.45, 2.75) is 66.0 Å². The minimum atomic E-state index is 0.272. The summed E-state index contributed by atoms with van der Waals surface area (Å²) in [7, 11) is 2.06. The van der Waals surface area contributed by atoms with Crippen molar-refractivity contribution >= 4 is 0 Å². The lowest BCUT2D eigenvalue weighted by Gasteiger charge is -2.41. The molecule has 1 aliphatic rings. The first kappa shape index (κ1) is 16.4. The van der Waals surface area contributed by atoms with Crippen molar-refractivity contribution in [1.82, 2.24) is 5.32 Å². The highest BCUT2D eigenvalue weighted by Crippen LogP contribution is 2.39. The molecule has 0 bridgehead atoms. The number of nitrogens with one attached hydrogen (secondary N) is 1. The molecule has 1 aliphatic carbocycles. The number of benzene rings is 1. The average molecular weight is 289 g/mol. The van der Waals surface area contributed by atoms with Crippen molar-refractivity contribution in [3.8, 4) is 5.75 Å². The molecule has 1 aromatic carbocycles. The lowest BCUT2D eigenvalue weighted by atomic mass is 9.70. The van der Waals surface area contributed by atoms with E-state index < -0.39 is 0 Å². The Kier molecular flexibility index (Phi) is 4.98. The minimum Gasteiger partial charge on any atom is -0.489 e. The number of hydrogen-bond acceptors (Lipinski definition) is 2. The zero-order valence-corrected chi connectivity index (χ0v) is 14.5. The summed E-state index contributed by atoms with van der Waals surface area (Å²) >= 11 is 0. The maximum absolute atomic E-state index is 6.38. The fourth-order valence-electron chi connectivity index (χ4n) is 3.55. The number of likely N-dealkylation sites (N-methyl/N-ethyl adjacent to an activating group) is 1. The standard InChI is InChI=1S/C19H31NO/c1-13-9-14(2)11-16(10-13)21-18-12-15(19(3,4)5)7-8-17(18)20-6/h9-11,15,17-18,20H,7-8,12H2,1-6H3. The highest BCUT2D eigenvalue weighted by Gasteiger charge is 2.36. The van der Waals surface area contributed by atoms with Crippen molar-refractivity contribution in [3.05, 3.63) is 29.3 Å². The molecule has 1 fully saturated rings. The highest BCUT2D eigenvalue weighted by molar-refractivity contribution is 5.33. The Morgan fingerprint density at radius 1 is 1.05 bits per heavy atom. The number of hydrogen-bond donors (Lipinski definition) is 1. The smallest absolute Gasteiger partial charge is 0.120 e. The summed E-state index contributed by atoms with van der Waals surface area (Å²) in [4.78, 5) is 0. The van der Waals surface area contributed by atoms with Gasteiger partial charge in [-0.25, -0.2) is 0 Å². The van der Waals surface area contributed by atoms with Gasteiger partial charge in [0.2, 0.25) is 0 Å². The molecule has 3 unspecified atom stereocenters. The monoisotopic (exact) mass is 289 g/mol. The van der Waals surface area contributed by atoms with Gasteiger partial charge in [-0.3, -0.25) is 0 Å². The maximum Gasteiger partial charge on any atom is 0.120 e. The first-order valence-corrected chi connectivity index (χ1v) is 8.22. The van der Waals surface area contributed by atoms with Gasteiger partial charge < -0.3 is 10.1 Å². The minimum absolute atomic E-state index is 0.272. The van der Waals surface area contributed by atoms with Gasteiger partial charge >= 0.3 is 0 Å². The van der Waals surface area contributed by atoms with Gasteiger partial charge in [-0.05, 0) is 74.8 Å². The van der Waals surface area contributed by atoms with Crippen LogP contribution in [-0.2, 0) is 0 Å². The van der Waals surface area contributed by atoms with Gasteiger partial charge in [-0.1, -0.05) is 26.8 Å². The van der Waals surface area contributed by atoms with Gasteiger partial charge in [0.15, 0.2) is 0 Å². The van der Waals surface area contributed by atoms with E-state index in [0.29, 0.717) is 11.5 Å². The summed E-state index contributed by atoms with van der Waals surface area (Å²) in [6.07, 6.45) is 3.91. The topological polar surface area (TPSA) is 21.3 Å². The van der Waals surface area contributed by atoms with Gasteiger partial charge in [0.1, 0.15) is 11.9 Å². The van der Waals surface area contributed by atoms with Crippen LogP contribution in [0.4, 0.5) is 0 Å². The van der Waals surface area contributed by atoms with Gasteiger partial charge in [0.25, 0.3) is 0 Å². The van der Waals surface area contributed by atoms with E-state index in [9.17, 15) is 0 Å². The van der Waals surface area contributed by atoms with Crippen molar-refractivity contribution in [1.29, 1.82) is 0 Å². The van der Waals surface area contributed by atoms with Crippen LogP contribution in [-0.4, -0.2) is 19.2 Å². The van der Waals surface area contributed by atoms with Crippen LogP contribution in [0.15, 0.2) is 18.2 Å². The molecule has 0 aliphatic heterocycles. The fraction of sp³-hybridized carbons (Fsp3) is 0.684. The van der Waals surface area contributed by atoms with E-state index in [1.165, 1.54) is 24.0 Å². The van der Waals surface area contributed by atoms with Crippen LogP contribution in [0.3, 0.4) is 0 Å². The first-order chi connectivity index (χ1) is 9.79. The predicted molar refractivity (Wildman–Crippen MR) is 90.0 cm³/mol. The summed E-state index contributed by atoms with van der Waals surface area (Å²) in [5, 5.41) is 3.45. The molecule has 1 aromatic rings. The van der Waals surface area contributed by atoms with Gasteiger partial charge in [-0.2, -0.15) is 0 Å². The lowest BCUT2D eigenvalue weighted by molar-refractivity contribution is 0.0495. The maximum atomic E-state index is 6.38. The van der Waals surface area contributed by atoms with Gasteiger partial charge in [-0.15, -0.1) is 0 Å². The zero-order valence-electron chi connectivity index (χ0n) is 14.5. The summed E-state index contributed by atoms with van der Waals surface area (Å²) in [6, 6.07) is 6.96. The number of rotatable bonds is 3. The molecule has 3 atom stereocenters. The molecule has 0 aromatic heterocycles. The largest absolute Gasteiger partial charge is 0.489 e. The Balaban J connectivity index is 2.14. The molecular weight excluding hydrogens is 258 g/mol. The Hall–Kier alpha value is -1.02. The molecule has 0 radical (unpaired) electrons. The summed E-state index contributed by atoms with van der Waals surface area (Å²) < 4.78 is 6.38. The molecule has 1 N–H and O–H groups in total. The molecule has 0 amide bonds. The van der Waals surface area contributed by atoms with Crippen LogP contribution >= 0.6 is 0 Å². The van der Waals surface area contributed by atoms with Crippen molar-refractivity contribution in [2.24, 2.45) is 11.3 Å². The third-order valence-electron chi connectivity index (χ3n) is 4.87. The molecule has 1 saturated carbocycles. The van der Waals surface area contributed by atoms with Crippen LogP contribution < -0.4 is 10.1 Å². The number of ether oxygens (including phenoxy) is 1. The molecule has 2 nitrogen and oxygen atoms in total. The Morgan fingerprint density at radius 2 is 1.67 bits per heavy atom. The Bertz CT molecular complexity index is 455. The fourth-order valence-corrected chi connectivity index (χ4v) is 3.55. The quantitative estimate of drug-likeness (QED) is 0.885. The van der Waals surface area contributed by atoms with E-state index in [0.717, 1.165) is 18.1 Å². The van der Waals surface area contributed by atoms with Crippen LogP contribution in [0.2, 0.25) is 0 Å². The third-order valence-corrected chi connectivity index (χ3v) is 4.87. The van der Waals surface area contributed by atoms with Crippen LogP contribution in [0, 0.1) is 25.2 Å². The van der Waals surface area contributed by atoms with Crippen LogP contribution in [0.1, 0.15) is 51.2 Å². The van der Waals surface area contributed by atoms with E-state index in [2.05, 4.69) is 65.2 Å². The Morgan fingerprint density at radius 3 is 2.19 bits per heavy atom. The van der Waals surface area contributed by atoms with Crippen molar-refractivity contribution in [3.63, 3.8) is 0 Å². The van der Waals surface area contributed by atoms with E-state index in [4.69, 9.17) is 4.74 Å². The van der Waals surface area contributed by atoms with E-state index >= 15 is 0 Å². The lowest BCUT2D eigenvalue weighted by Crippen LogP contribution is -2.47. The van der Waals surface area contributed by atoms with E-state index in [1.54, 1.807) is 0 Å². The number of aryl methyl sites for hydroxylation is 2. The molecule has 2 rings (SSSR count). The Labute approximate surface area is 130 Å². The van der Waals surface area contributed by atoms with Crippen LogP contribution in [0.25, 0.3) is 0 Å². The molecular formula is C19H31NO. The summed E-state index contributed by atoms with van der Waals surface area (Å²) in [5.41, 5.74) is 2.91. The van der Waals surface area contributed by atoms with Gasteiger partial charge in [0.05, 0.1) is 0 Å². The predicted octanol–water partition coefficient (Wildman–Crippen LogP) is 4.49. The third kappa shape index (κ3) is 4.23. The molecule has 0 saturated heterocycles. The first-order valence-electron chi connectivity index (χ1n) is 8.22. The second-order valence-electron chi connectivity index (χ2n) is 7.75. The molecule has 2 heteroatoms. The summed E-state index contributed by atoms with van der Waals surface area (Å²) in [5.74, 6) is 1.75. The molecule has 0 spiro atoms. The molecule has 0 heterocycles. The van der Waals surface area contributed by atoms with Gasteiger partial charge in [0, 0.05) is 6.04 Å². The zero-order chi connectivity index (χ0) is 15.6. The average Bonchev–Trinajstić information content (AvgIpc) is 2.36. The molecule has 21 heavy (non-hydrogen) atoms. The van der Waals surface area contributed by atoms with Crippen molar-refractivity contribution in [2.75, 3.05) is 7.05 Å². The van der Waals surface area contributed by atoms with E-state index in [1.807, 2.05) is 0 Å². The van der Waals surface area contributed by atoms with Crippen molar-refractivity contribution < 1.29 is 4.74 Å². The second-order valence-corrected chi connectivity index (χ2v) is 7.75.